The number of carbonyl (C=O) groups is 1. The zero-order chi connectivity index (χ0) is 9.07. The molecule has 0 N–H and O–H groups in total. The van der Waals surface area contributed by atoms with Gasteiger partial charge in [-0.3, -0.25) is 4.79 Å². The minimum atomic E-state index is -4.44. The minimum Gasteiger partial charge on any atom is -0.309 e. The summed E-state index contributed by atoms with van der Waals surface area (Å²) in [5.41, 5.74) is 0. The van der Waals surface area contributed by atoms with Crippen LogP contribution in [0.2, 0.25) is 0 Å². The molecule has 11 heavy (non-hydrogen) atoms. The lowest BCUT2D eigenvalue weighted by atomic mass is 10.6. The van der Waals surface area contributed by atoms with Crippen LogP contribution in [-0.4, -0.2) is 24.6 Å². The quantitative estimate of drug-likeness (QED) is 0.422. The Kier molecular flexibility index (Phi) is 3.70. The molecule has 7 heteroatoms. The first-order valence-corrected chi connectivity index (χ1v) is 3.83. The highest BCUT2D eigenvalue weighted by atomic mass is 35.7. The molecule has 1 amide bonds. The number of rotatable bonds is 3. The Morgan fingerprint density at radius 2 is 2.00 bits per heavy atom. The third-order valence-electron chi connectivity index (χ3n) is 0.914. The molecule has 0 aliphatic rings. The van der Waals surface area contributed by atoms with Crippen molar-refractivity contribution in [1.82, 2.24) is 4.90 Å². The van der Waals surface area contributed by atoms with Gasteiger partial charge in [0.05, 0.1) is 14.5 Å². The van der Waals surface area contributed by atoms with E-state index in [-0.39, 0.29) is 5.91 Å². The third-order valence-corrected chi connectivity index (χ3v) is 1.28. The SMILES string of the molecule is CC(=O)N(C)CO[Cl+3]([O-])([O-])[O-]. The van der Waals surface area contributed by atoms with Crippen LogP contribution in [0, 0.1) is 10.2 Å². The molecule has 0 aromatic heterocycles. The predicted octanol–water partition coefficient (Wildman–Crippen LogP) is -3.66. The van der Waals surface area contributed by atoms with E-state index >= 15 is 0 Å². The zero-order valence-electron chi connectivity index (χ0n) is 6.07. The number of carbonyl (C=O) groups excluding carboxylic acids is 1. The van der Waals surface area contributed by atoms with Gasteiger partial charge in [0, 0.05) is 14.0 Å². The summed E-state index contributed by atoms with van der Waals surface area (Å²) in [4.78, 5) is 11.4. The first-order chi connectivity index (χ1) is 4.83. The lowest BCUT2D eigenvalue weighted by molar-refractivity contribution is -1.92. The van der Waals surface area contributed by atoms with Gasteiger partial charge in [0.2, 0.25) is 5.91 Å². The summed E-state index contributed by atoms with van der Waals surface area (Å²) in [6.07, 6.45) is 0. The Morgan fingerprint density at radius 1 is 1.55 bits per heavy atom. The van der Waals surface area contributed by atoms with Crippen LogP contribution < -0.4 is 14.0 Å². The molecule has 0 aromatic carbocycles. The Hall–Kier alpha value is -0.400. The van der Waals surface area contributed by atoms with Crippen LogP contribution in [0.25, 0.3) is 0 Å². The van der Waals surface area contributed by atoms with Gasteiger partial charge in [0.1, 0.15) is 0 Å². The largest absolute Gasteiger partial charge is 0.309 e. The van der Waals surface area contributed by atoms with Crippen LogP contribution >= 0.6 is 0 Å². The summed E-state index contributed by atoms with van der Waals surface area (Å²) in [6.45, 7) is 0.667. The normalized spacial score (nSPS) is 11.4. The summed E-state index contributed by atoms with van der Waals surface area (Å²) in [5, 5.41) is 0. The number of hydrogen-bond acceptors (Lipinski definition) is 5. The van der Waals surface area contributed by atoms with E-state index in [4.69, 9.17) is 0 Å². The lowest BCUT2D eigenvalue weighted by Crippen LogP contribution is -2.61. The molecule has 0 aromatic rings. The van der Waals surface area contributed by atoms with E-state index < -0.39 is 17.0 Å². The van der Waals surface area contributed by atoms with Crippen LogP contribution in [-0.2, 0) is 9.08 Å². The molecule has 0 rings (SSSR count). The van der Waals surface area contributed by atoms with Gasteiger partial charge in [-0.15, -0.1) is 0 Å². The van der Waals surface area contributed by atoms with E-state index in [0.717, 1.165) is 4.90 Å². The van der Waals surface area contributed by atoms with Crippen LogP contribution in [0.1, 0.15) is 6.92 Å². The second-order valence-electron chi connectivity index (χ2n) is 1.83. The molecular weight excluding hydrogens is 177 g/mol. The van der Waals surface area contributed by atoms with Gasteiger partial charge in [-0.05, 0) is 0 Å². The van der Waals surface area contributed by atoms with Gasteiger partial charge in [0.15, 0.2) is 0 Å². The minimum absolute atomic E-state index is 0.385. The smallest absolute Gasteiger partial charge is 0.279 e. The molecule has 0 atom stereocenters. The molecule has 0 saturated carbocycles. The van der Waals surface area contributed by atoms with Gasteiger partial charge < -0.3 is 4.90 Å². The number of amides is 1. The second-order valence-corrected chi connectivity index (χ2v) is 2.81. The Bertz CT molecular complexity index is 144. The Morgan fingerprint density at radius 3 is 2.27 bits per heavy atom. The molecule has 0 radical (unpaired) electrons. The number of hydrogen-bond donors (Lipinski definition) is 0. The van der Waals surface area contributed by atoms with E-state index in [9.17, 15) is 18.8 Å². The topological polar surface area (TPSA) is 98.7 Å². The first-order valence-electron chi connectivity index (χ1n) is 2.60. The fourth-order valence-electron chi connectivity index (χ4n) is 0.224. The highest BCUT2D eigenvalue weighted by Gasteiger charge is 2.19. The van der Waals surface area contributed by atoms with E-state index in [0.29, 0.717) is 0 Å². The number of halogens is 1. The highest BCUT2D eigenvalue weighted by Crippen LogP contribution is 1.91. The van der Waals surface area contributed by atoms with Crippen molar-refractivity contribution >= 4 is 5.91 Å². The fourth-order valence-corrected chi connectivity index (χ4v) is 0.490. The van der Waals surface area contributed by atoms with Crippen molar-refractivity contribution in [1.29, 1.82) is 0 Å². The average Bonchev–Trinajstić information content (AvgIpc) is 1.80. The van der Waals surface area contributed by atoms with Gasteiger partial charge in [-0.1, -0.05) is 0 Å². The highest BCUT2D eigenvalue weighted by molar-refractivity contribution is 5.72. The maximum atomic E-state index is 10.4. The Labute approximate surface area is 65.7 Å². The van der Waals surface area contributed by atoms with Crippen molar-refractivity contribution in [2.24, 2.45) is 0 Å². The molecule has 66 valence electrons. The summed E-state index contributed by atoms with van der Waals surface area (Å²) in [6, 6.07) is 0. The van der Waals surface area contributed by atoms with E-state index in [1.165, 1.54) is 14.0 Å². The molecule has 0 fully saturated rings. The monoisotopic (exact) mass is 185 g/mol. The van der Waals surface area contributed by atoms with Crippen molar-refractivity contribution in [2.75, 3.05) is 13.8 Å². The lowest BCUT2D eigenvalue weighted by Gasteiger charge is -2.16. The van der Waals surface area contributed by atoms with Crippen molar-refractivity contribution < 1.29 is 33.3 Å². The summed E-state index contributed by atoms with van der Waals surface area (Å²) in [7, 11) is -3.13. The van der Waals surface area contributed by atoms with Gasteiger partial charge in [-0.25, -0.2) is 0 Å². The van der Waals surface area contributed by atoms with Crippen LogP contribution in [0.3, 0.4) is 0 Å². The van der Waals surface area contributed by atoms with Crippen LogP contribution in [0.4, 0.5) is 0 Å². The molecule has 0 aliphatic heterocycles. The van der Waals surface area contributed by atoms with Crippen LogP contribution in [0.5, 0.6) is 0 Å². The molecule has 6 nitrogen and oxygen atoms in total. The molecule has 0 aliphatic carbocycles. The summed E-state index contributed by atoms with van der Waals surface area (Å²) < 4.78 is 33.2. The van der Waals surface area contributed by atoms with Crippen LogP contribution in [0.15, 0.2) is 0 Å². The molecule has 0 unspecified atom stereocenters. The average molecular weight is 186 g/mol. The Balaban J connectivity index is 3.63. The third kappa shape index (κ3) is 6.02. The summed E-state index contributed by atoms with van der Waals surface area (Å²) in [5.74, 6) is -0.385. The van der Waals surface area contributed by atoms with Crippen molar-refractivity contribution in [3.05, 3.63) is 0 Å². The van der Waals surface area contributed by atoms with Gasteiger partial charge in [-0.2, -0.15) is 14.0 Å². The standard InChI is InChI=1S/C4H8ClNO5/c1-4(7)6(2)3-11-5(8,9)10/h3H2,1-2H3. The first kappa shape index (κ1) is 10.6. The molecule has 0 saturated heterocycles. The molecule has 0 bridgehead atoms. The van der Waals surface area contributed by atoms with Crippen molar-refractivity contribution in [2.45, 2.75) is 6.92 Å². The van der Waals surface area contributed by atoms with Gasteiger partial charge >= 0.3 is 0 Å². The van der Waals surface area contributed by atoms with Crippen molar-refractivity contribution in [3.63, 3.8) is 0 Å². The zero-order valence-corrected chi connectivity index (χ0v) is 6.83. The van der Waals surface area contributed by atoms with Gasteiger partial charge in [0.25, 0.3) is 6.73 Å². The molecular formula is C4H8ClNO5. The van der Waals surface area contributed by atoms with Crippen molar-refractivity contribution in [3.8, 4) is 0 Å². The van der Waals surface area contributed by atoms with E-state index in [2.05, 4.69) is 4.29 Å². The maximum Gasteiger partial charge on any atom is 0.279 e. The number of nitrogens with zero attached hydrogens (tertiary/aromatic N) is 1. The molecule has 0 spiro atoms. The predicted molar refractivity (Wildman–Crippen MR) is 24.4 cm³/mol. The van der Waals surface area contributed by atoms with E-state index in [1.54, 1.807) is 0 Å². The van der Waals surface area contributed by atoms with E-state index in [1.807, 2.05) is 0 Å². The fraction of sp³-hybridized carbons (Fsp3) is 0.750. The summed E-state index contributed by atoms with van der Waals surface area (Å²) >= 11 is 0. The maximum absolute atomic E-state index is 10.4. The second kappa shape index (κ2) is 3.84. The molecule has 0 heterocycles.